The van der Waals surface area contributed by atoms with Crippen molar-refractivity contribution in [2.45, 2.75) is 33.6 Å². The lowest BCUT2D eigenvalue weighted by Crippen LogP contribution is -1.91. The maximum absolute atomic E-state index is 5.85. The van der Waals surface area contributed by atoms with Crippen LogP contribution >= 0.6 is 22.7 Å². The van der Waals surface area contributed by atoms with Crippen LogP contribution in [0.3, 0.4) is 0 Å². The molecule has 0 amide bonds. The van der Waals surface area contributed by atoms with Gasteiger partial charge in [0.1, 0.15) is 0 Å². The maximum Gasteiger partial charge on any atom is 0.180 e. The number of nitrogens with zero attached hydrogens (tertiary/aromatic N) is 1. The van der Waals surface area contributed by atoms with Crippen LogP contribution in [0.25, 0.3) is 22.6 Å². The summed E-state index contributed by atoms with van der Waals surface area (Å²) >= 11 is 3.21. The Morgan fingerprint density at radius 1 is 1.25 bits per heavy atom. The Kier molecular flexibility index (Phi) is 6.17. The molecule has 2 nitrogen and oxygen atoms in total. The van der Waals surface area contributed by atoms with Gasteiger partial charge in [0.2, 0.25) is 0 Å². The summed E-state index contributed by atoms with van der Waals surface area (Å²) in [4.78, 5) is 6.73. The van der Waals surface area contributed by atoms with Crippen molar-refractivity contribution in [1.82, 2.24) is 4.98 Å². The lowest BCUT2D eigenvalue weighted by Gasteiger charge is -2.05. The zero-order chi connectivity index (χ0) is 15.3. The maximum atomic E-state index is 5.85. The van der Waals surface area contributed by atoms with Crippen LogP contribution in [0.2, 0.25) is 0 Å². The van der Waals surface area contributed by atoms with Gasteiger partial charge < -0.3 is 5.73 Å². The number of aromatic nitrogens is 1. The molecule has 0 radical (unpaired) electrons. The Morgan fingerprint density at radius 2 is 1.90 bits per heavy atom. The largest absolute Gasteiger partial charge is 0.375 e. The molecule has 0 bridgehead atoms. The molecule has 20 heavy (non-hydrogen) atoms. The van der Waals surface area contributed by atoms with Crippen LogP contribution in [-0.2, 0) is 0 Å². The van der Waals surface area contributed by atoms with Gasteiger partial charge >= 0.3 is 0 Å². The highest BCUT2D eigenvalue weighted by Crippen LogP contribution is 2.41. The molecule has 2 rings (SSSR count). The van der Waals surface area contributed by atoms with Crippen molar-refractivity contribution in [2.24, 2.45) is 0 Å². The highest BCUT2D eigenvalue weighted by Gasteiger charge is 2.18. The van der Waals surface area contributed by atoms with E-state index in [0.717, 1.165) is 21.0 Å². The van der Waals surface area contributed by atoms with Gasteiger partial charge in [-0.15, -0.1) is 11.3 Å². The van der Waals surface area contributed by atoms with E-state index >= 15 is 0 Å². The number of thiophene rings is 1. The third-order valence-corrected chi connectivity index (χ3v) is 4.64. The Morgan fingerprint density at radius 3 is 2.40 bits per heavy atom. The van der Waals surface area contributed by atoms with Crippen molar-refractivity contribution in [1.29, 1.82) is 0 Å². The van der Waals surface area contributed by atoms with Gasteiger partial charge in [-0.05, 0) is 5.92 Å². The van der Waals surface area contributed by atoms with Crippen LogP contribution in [0.1, 0.15) is 49.7 Å². The van der Waals surface area contributed by atoms with Gasteiger partial charge in [0.15, 0.2) is 5.13 Å². The summed E-state index contributed by atoms with van der Waals surface area (Å²) in [6, 6.07) is 0. The second kappa shape index (κ2) is 7.41. The lowest BCUT2D eigenvalue weighted by molar-refractivity contribution is 0.837. The molecular weight excluding hydrogens is 284 g/mol. The summed E-state index contributed by atoms with van der Waals surface area (Å²) in [6.07, 6.45) is 3.74. The van der Waals surface area contributed by atoms with Crippen LogP contribution in [0, 0.1) is 0 Å². The number of hydrogen-bond donors (Lipinski definition) is 1. The van der Waals surface area contributed by atoms with Gasteiger partial charge in [0.05, 0.1) is 10.6 Å². The fourth-order valence-electron chi connectivity index (χ4n) is 1.86. The van der Waals surface area contributed by atoms with Crippen LogP contribution in [0.5, 0.6) is 0 Å². The van der Waals surface area contributed by atoms with Crippen molar-refractivity contribution < 1.29 is 0 Å². The molecule has 0 fully saturated rings. The highest BCUT2D eigenvalue weighted by molar-refractivity contribution is 7.19. The molecule has 0 aliphatic heterocycles. The van der Waals surface area contributed by atoms with Crippen molar-refractivity contribution in [3.63, 3.8) is 0 Å². The molecule has 4 heteroatoms. The summed E-state index contributed by atoms with van der Waals surface area (Å²) in [6.45, 7) is 16.0. The highest BCUT2D eigenvalue weighted by atomic mass is 32.1. The Bertz CT molecular complexity index is 592. The van der Waals surface area contributed by atoms with Crippen LogP contribution in [-0.4, -0.2) is 4.98 Å². The fraction of sp³-hybridized carbons (Fsp3) is 0.312. The van der Waals surface area contributed by atoms with Crippen molar-refractivity contribution >= 4 is 40.0 Å². The molecule has 2 heterocycles. The van der Waals surface area contributed by atoms with Crippen LogP contribution in [0.15, 0.2) is 18.5 Å². The monoisotopic (exact) mass is 306 g/mol. The predicted molar refractivity (Wildman–Crippen MR) is 95.5 cm³/mol. The number of rotatable bonds is 4. The summed E-state index contributed by atoms with van der Waals surface area (Å²) in [7, 11) is 0. The quantitative estimate of drug-likeness (QED) is 0.765. The summed E-state index contributed by atoms with van der Waals surface area (Å²) < 4.78 is 0. The van der Waals surface area contributed by atoms with Gasteiger partial charge in [-0.2, -0.15) is 0 Å². The molecular formula is C16H22N2S2. The minimum absolute atomic E-state index is 0.360. The van der Waals surface area contributed by atoms with Gasteiger partial charge in [-0.3, -0.25) is 0 Å². The van der Waals surface area contributed by atoms with E-state index in [-0.39, 0.29) is 0 Å². The van der Waals surface area contributed by atoms with E-state index < -0.39 is 0 Å². The fourth-order valence-corrected chi connectivity index (χ4v) is 3.86. The van der Waals surface area contributed by atoms with Gasteiger partial charge in [-0.1, -0.05) is 64.3 Å². The predicted octanol–water partition coefficient (Wildman–Crippen LogP) is 5.89. The van der Waals surface area contributed by atoms with Crippen molar-refractivity contribution in [3.05, 3.63) is 34.7 Å². The third-order valence-electron chi connectivity index (χ3n) is 2.71. The molecule has 0 saturated heterocycles. The first-order chi connectivity index (χ1) is 9.58. The smallest absolute Gasteiger partial charge is 0.180 e. The summed E-state index contributed by atoms with van der Waals surface area (Å²) in [5.41, 5.74) is 9.21. The Hall–Kier alpha value is -1.39. The minimum atomic E-state index is 0.360. The first kappa shape index (κ1) is 16.7. The molecule has 2 N–H and O–H groups in total. The summed E-state index contributed by atoms with van der Waals surface area (Å²) in [5.74, 6) is 0.360. The lowest BCUT2D eigenvalue weighted by atomic mass is 10.0. The van der Waals surface area contributed by atoms with E-state index in [4.69, 9.17) is 5.73 Å². The minimum Gasteiger partial charge on any atom is -0.375 e. The first-order valence-electron chi connectivity index (χ1n) is 6.71. The standard InChI is InChI=1S/C14H16N2S2.C2H6/c1-5-9-10(7-17-11(9)6-2)13-12(8(3)4)16-14(15)18-13;1-2/h5-8H,1-2H2,3-4H3,(H2,15,16);1-2H3. The molecule has 0 unspecified atom stereocenters. The van der Waals surface area contributed by atoms with E-state index in [9.17, 15) is 0 Å². The third kappa shape index (κ3) is 3.19. The van der Waals surface area contributed by atoms with Gasteiger partial charge in [0, 0.05) is 21.4 Å². The molecule has 0 saturated carbocycles. The van der Waals surface area contributed by atoms with E-state index in [0.29, 0.717) is 11.0 Å². The van der Waals surface area contributed by atoms with Crippen molar-refractivity contribution in [2.75, 3.05) is 5.73 Å². The Balaban J connectivity index is 0.000000956. The van der Waals surface area contributed by atoms with E-state index in [1.165, 1.54) is 5.56 Å². The molecule has 0 aromatic carbocycles. The Labute approximate surface area is 129 Å². The zero-order valence-electron chi connectivity index (χ0n) is 12.6. The van der Waals surface area contributed by atoms with Gasteiger partial charge in [0.25, 0.3) is 0 Å². The molecule has 0 atom stereocenters. The number of nitrogen functional groups attached to an aromatic ring is 1. The zero-order valence-corrected chi connectivity index (χ0v) is 14.2. The number of thiazole rings is 1. The van der Waals surface area contributed by atoms with Gasteiger partial charge in [-0.25, -0.2) is 4.98 Å². The average molecular weight is 307 g/mol. The van der Waals surface area contributed by atoms with Crippen LogP contribution in [0.4, 0.5) is 5.13 Å². The number of anilines is 1. The van der Waals surface area contributed by atoms with Crippen LogP contribution < -0.4 is 5.73 Å². The first-order valence-corrected chi connectivity index (χ1v) is 8.41. The SMILES string of the molecule is C=Cc1scc(-c2sc(N)nc2C(C)C)c1C=C.CC. The molecule has 2 aromatic rings. The molecule has 0 spiro atoms. The number of hydrogen-bond acceptors (Lipinski definition) is 4. The average Bonchev–Trinajstić information content (AvgIpc) is 3.03. The summed E-state index contributed by atoms with van der Waals surface area (Å²) in [5, 5.41) is 2.75. The molecule has 2 aromatic heterocycles. The second-order valence-corrected chi connectivity index (χ2v) is 6.20. The molecule has 0 aliphatic rings. The van der Waals surface area contributed by atoms with E-state index in [1.807, 2.05) is 26.0 Å². The second-order valence-electron chi connectivity index (χ2n) is 4.26. The van der Waals surface area contributed by atoms with Crippen molar-refractivity contribution in [3.8, 4) is 10.4 Å². The number of nitrogens with two attached hydrogens (primary N) is 1. The normalized spacial score (nSPS) is 10.1. The topological polar surface area (TPSA) is 38.9 Å². The molecule has 0 aliphatic carbocycles. The molecule has 108 valence electrons. The van der Waals surface area contributed by atoms with E-state index in [2.05, 4.69) is 37.4 Å². The van der Waals surface area contributed by atoms with E-state index in [1.54, 1.807) is 22.7 Å².